The number of rotatable bonds is 10. The Bertz CT molecular complexity index is 466. The first-order valence-corrected chi connectivity index (χ1v) is 9.39. The van der Waals surface area contributed by atoms with Gasteiger partial charge in [-0.05, 0) is 43.9 Å². The van der Waals surface area contributed by atoms with E-state index in [2.05, 4.69) is 19.2 Å². The first-order valence-electron chi connectivity index (χ1n) is 9.39. The van der Waals surface area contributed by atoms with Crippen LogP contribution in [0.25, 0.3) is 0 Å². The minimum atomic E-state index is -1.18. The van der Waals surface area contributed by atoms with E-state index in [9.17, 15) is 19.5 Å². The maximum absolute atomic E-state index is 12.6. The number of amides is 1. The minimum Gasteiger partial charge on any atom is -0.481 e. The molecule has 6 heteroatoms. The summed E-state index contributed by atoms with van der Waals surface area (Å²) in [5.41, 5.74) is -0.550. The second-order valence-electron chi connectivity index (χ2n) is 8.13. The van der Waals surface area contributed by atoms with Crippen molar-refractivity contribution in [1.29, 1.82) is 0 Å². The Hall–Kier alpha value is -1.59. The van der Waals surface area contributed by atoms with Gasteiger partial charge in [-0.15, -0.1) is 0 Å². The zero-order valence-electron chi connectivity index (χ0n) is 15.7. The lowest BCUT2D eigenvalue weighted by molar-refractivity contribution is -0.145. The van der Waals surface area contributed by atoms with Crippen LogP contribution in [0.4, 0.5) is 0 Å². The molecule has 144 valence electrons. The van der Waals surface area contributed by atoms with Gasteiger partial charge in [0.05, 0.1) is 0 Å². The van der Waals surface area contributed by atoms with Crippen LogP contribution >= 0.6 is 0 Å². The standard InChI is InChI=1S/C19H33NO5/c1-13(2)5-4-6-14-9-11-19(3,12-10-14)18(25)20-15(17(23)24)7-8-16(21)22/h13-15H,4-12H2,1-3H3,(H,20,25)(H,21,22)(H,23,24)/t14-,15?,19+. The van der Waals surface area contributed by atoms with Gasteiger partial charge >= 0.3 is 11.9 Å². The highest BCUT2D eigenvalue weighted by molar-refractivity contribution is 5.87. The van der Waals surface area contributed by atoms with E-state index in [1.54, 1.807) is 0 Å². The summed E-state index contributed by atoms with van der Waals surface area (Å²) in [5.74, 6) is -1.12. The molecule has 1 atom stereocenters. The number of carbonyl (C=O) groups is 3. The minimum absolute atomic E-state index is 0.0929. The molecule has 1 fully saturated rings. The molecule has 0 aromatic rings. The zero-order chi connectivity index (χ0) is 19.0. The third-order valence-electron chi connectivity index (χ3n) is 5.40. The summed E-state index contributed by atoms with van der Waals surface area (Å²) in [6.07, 6.45) is 6.80. The maximum Gasteiger partial charge on any atom is 0.326 e. The molecule has 1 unspecified atom stereocenters. The molecule has 1 amide bonds. The molecule has 0 aliphatic heterocycles. The molecule has 1 rings (SSSR count). The van der Waals surface area contributed by atoms with Crippen molar-refractivity contribution < 1.29 is 24.6 Å². The van der Waals surface area contributed by atoms with Crippen LogP contribution in [0, 0.1) is 17.3 Å². The van der Waals surface area contributed by atoms with Crippen molar-refractivity contribution in [1.82, 2.24) is 5.32 Å². The van der Waals surface area contributed by atoms with Gasteiger partial charge in [-0.2, -0.15) is 0 Å². The average Bonchev–Trinajstić information content (AvgIpc) is 2.52. The van der Waals surface area contributed by atoms with Crippen LogP contribution in [0.3, 0.4) is 0 Å². The molecule has 3 N–H and O–H groups in total. The summed E-state index contributed by atoms with van der Waals surface area (Å²) in [7, 11) is 0. The van der Waals surface area contributed by atoms with Gasteiger partial charge in [-0.1, -0.05) is 40.0 Å². The lowest BCUT2D eigenvalue weighted by Gasteiger charge is -2.37. The van der Waals surface area contributed by atoms with E-state index in [0.717, 1.165) is 31.6 Å². The van der Waals surface area contributed by atoms with Crippen molar-refractivity contribution in [2.45, 2.75) is 84.6 Å². The second kappa shape index (κ2) is 9.78. The van der Waals surface area contributed by atoms with E-state index in [1.165, 1.54) is 19.3 Å². The van der Waals surface area contributed by atoms with E-state index in [-0.39, 0.29) is 18.7 Å². The smallest absolute Gasteiger partial charge is 0.326 e. The van der Waals surface area contributed by atoms with Gasteiger partial charge in [0, 0.05) is 11.8 Å². The molecular formula is C19H33NO5. The van der Waals surface area contributed by atoms with Gasteiger partial charge in [-0.3, -0.25) is 9.59 Å². The summed E-state index contributed by atoms with van der Waals surface area (Å²) in [6.45, 7) is 6.35. The fourth-order valence-electron chi connectivity index (χ4n) is 3.50. The van der Waals surface area contributed by atoms with Gasteiger partial charge in [0.25, 0.3) is 0 Å². The van der Waals surface area contributed by atoms with Gasteiger partial charge < -0.3 is 15.5 Å². The lowest BCUT2D eigenvalue weighted by atomic mass is 9.70. The van der Waals surface area contributed by atoms with Crippen molar-refractivity contribution in [3.8, 4) is 0 Å². The number of carboxylic acid groups (broad SMARTS) is 2. The van der Waals surface area contributed by atoms with Gasteiger partial charge in [0.15, 0.2) is 0 Å². The largest absolute Gasteiger partial charge is 0.481 e. The molecule has 0 bridgehead atoms. The number of carboxylic acids is 2. The predicted molar refractivity (Wildman–Crippen MR) is 95.2 cm³/mol. The highest BCUT2D eigenvalue weighted by Crippen LogP contribution is 2.40. The summed E-state index contributed by atoms with van der Waals surface area (Å²) >= 11 is 0. The molecule has 0 spiro atoms. The lowest BCUT2D eigenvalue weighted by Crippen LogP contribution is -2.48. The second-order valence-corrected chi connectivity index (χ2v) is 8.13. The van der Waals surface area contributed by atoms with Crippen molar-refractivity contribution in [2.75, 3.05) is 0 Å². The Morgan fingerprint density at radius 3 is 2.20 bits per heavy atom. The number of hydrogen-bond acceptors (Lipinski definition) is 3. The van der Waals surface area contributed by atoms with E-state index in [1.807, 2.05) is 6.92 Å². The average molecular weight is 355 g/mol. The quantitative estimate of drug-likeness (QED) is 0.557. The number of aliphatic carboxylic acids is 2. The summed E-state index contributed by atoms with van der Waals surface area (Å²) in [6, 6.07) is -1.14. The Balaban J connectivity index is 2.49. The highest BCUT2D eigenvalue weighted by atomic mass is 16.4. The van der Waals surface area contributed by atoms with Gasteiger partial charge in [-0.25, -0.2) is 4.79 Å². The molecule has 0 radical (unpaired) electrons. The van der Waals surface area contributed by atoms with E-state index < -0.39 is 23.4 Å². The van der Waals surface area contributed by atoms with E-state index in [4.69, 9.17) is 5.11 Å². The zero-order valence-corrected chi connectivity index (χ0v) is 15.7. The van der Waals surface area contributed by atoms with Crippen molar-refractivity contribution >= 4 is 17.8 Å². The number of carbonyl (C=O) groups excluding carboxylic acids is 1. The normalized spacial score (nSPS) is 24.7. The topological polar surface area (TPSA) is 104 Å². The molecule has 0 aromatic carbocycles. The molecular weight excluding hydrogens is 322 g/mol. The first kappa shape index (κ1) is 21.5. The van der Waals surface area contributed by atoms with Crippen LogP contribution in [-0.2, 0) is 14.4 Å². The molecule has 25 heavy (non-hydrogen) atoms. The Kier molecular flexibility index (Phi) is 8.39. The van der Waals surface area contributed by atoms with Crippen LogP contribution in [0.15, 0.2) is 0 Å². The van der Waals surface area contributed by atoms with Crippen LogP contribution < -0.4 is 5.32 Å². The van der Waals surface area contributed by atoms with Gasteiger partial charge in [0.1, 0.15) is 6.04 Å². The number of hydrogen-bond donors (Lipinski definition) is 3. The fraction of sp³-hybridized carbons (Fsp3) is 0.842. The summed E-state index contributed by atoms with van der Waals surface area (Å²) in [5, 5.41) is 20.5. The van der Waals surface area contributed by atoms with Crippen molar-refractivity contribution in [3.05, 3.63) is 0 Å². The SMILES string of the molecule is CC(C)CCC[C@H]1CC[C@@](C)(C(=O)NC(CCC(=O)O)C(=O)O)CC1. The molecule has 1 saturated carbocycles. The predicted octanol–water partition coefficient (Wildman–Crippen LogP) is 3.44. The molecule has 0 aromatic heterocycles. The van der Waals surface area contributed by atoms with Crippen LogP contribution in [0.1, 0.15) is 78.6 Å². The molecule has 0 saturated heterocycles. The molecule has 1 aliphatic rings. The molecule has 0 heterocycles. The third kappa shape index (κ3) is 7.45. The molecule has 1 aliphatic carbocycles. The van der Waals surface area contributed by atoms with Crippen molar-refractivity contribution in [2.24, 2.45) is 17.3 Å². The van der Waals surface area contributed by atoms with E-state index >= 15 is 0 Å². The van der Waals surface area contributed by atoms with Gasteiger partial charge in [0.2, 0.25) is 5.91 Å². The highest BCUT2D eigenvalue weighted by Gasteiger charge is 2.38. The van der Waals surface area contributed by atoms with Crippen LogP contribution in [0.5, 0.6) is 0 Å². The Morgan fingerprint density at radius 1 is 1.12 bits per heavy atom. The van der Waals surface area contributed by atoms with Crippen LogP contribution in [-0.4, -0.2) is 34.1 Å². The Labute approximate surface area is 150 Å². The summed E-state index contributed by atoms with van der Waals surface area (Å²) in [4.78, 5) is 34.5. The van der Waals surface area contributed by atoms with Crippen LogP contribution in [0.2, 0.25) is 0 Å². The monoisotopic (exact) mass is 355 g/mol. The van der Waals surface area contributed by atoms with Crippen molar-refractivity contribution in [3.63, 3.8) is 0 Å². The third-order valence-corrected chi connectivity index (χ3v) is 5.40. The first-order chi connectivity index (χ1) is 11.6. The summed E-state index contributed by atoms with van der Waals surface area (Å²) < 4.78 is 0. The Morgan fingerprint density at radius 2 is 1.72 bits per heavy atom. The maximum atomic E-state index is 12.6. The number of nitrogens with one attached hydrogen (secondary N) is 1. The van der Waals surface area contributed by atoms with E-state index in [0.29, 0.717) is 5.92 Å². The molecule has 6 nitrogen and oxygen atoms in total. The fourth-order valence-corrected chi connectivity index (χ4v) is 3.50.